The number of hydrogen-bond acceptors (Lipinski definition) is 2. The summed E-state index contributed by atoms with van der Waals surface area (Å²) >= 11 is 0. The van der Waals surface area contributed by atoms with E-state index in [1.165, 1.54) is 114 Å². The Bertz CT molecular complexity index is 787. The number of fused-ring (bicyclic) bond motifs is 1. The molecule has 0 saturated heterocycles. The number of pyridine rings is 1. The quantitative estimate of drug-likeness (QED) is 0.546. The van der Waals surface area contributed by atoms with Gasteiger partial charge in [0.25, 0.3) is 0 Å². The third kappa shape index (κ3) is 6.12. The van der Waals surface area contributed by atoms with Gasteiger partial charge in [0.15, 0.2) is 7.98 Å². The minimum absolute atomic E-state index is 0.657. The van der Waals surface area contributed by atoms with E-state index in [4.69, 9.17) is 0 Å². The minimum atomic E-state index is 0.657. The molecule has 1 heterocycles. The molecule has 168 valence electrons. The van der Waals surface area contributed by atoms with Crippen LogP contribution in [0.3, 0.4) is 0 Å². The maximum Gasteiger partial charge on any atom is 0.181 e. The summed E-state index contributed by atoms with van der Waals surface area (Å²) in [6.07, 6.45) is 23.6. The van der Waals surface area contributed by atoms with Gasteiger partial charge in [0.05, 0.1) is 5.52 Å². The van der Waals surface area contributed by atoms with Gasteiger partial charge in [-0.1, -0.05) is 63.1 Å². The SMILES string of the molecule is BNCC1CCCCC2(CCCCC(c3ccnc4ccccc34)CCCC2)CCC1. The Balaban J connectivity index is 1.39. The summed E-state index contributed by atoms with van der Waals surface area (Å²) in [4.78, 5) is 4.61. The van der Waals surface area contributed by atoms with Crippen LogP contribution in [0.4, 0.5) is 0 Å². The van der Waals surface area contributed by atoms with Gasteiger partial charge in [-0.2, -0.15) is 0 Å². The van der Waals surface area contributed by atoms with Gasteiger partial charge in [0.1, 0.15) is 0 Å². The molecule has 2 aromatic rings. The predicted octanol–water partition coefficient (Wildman–Crippen LogP) is 6.94. The number of para-hydroxylation sites is 1. The van der Waals surface area contributed by atoms with E-state index in [0.29, 0.717) is 11.3 Å². The van der Waals surface area contributed by atoms with Crippen molar-refractivity contribution in [3.8, 4) is 0 Å². The highest BCUT2D eigenvalue weighted by Crippen LogP contribution is 2.45. The molecule has 2 aliphatic carbocycles. The van der Waals surface area contributed by atoms with Gasteiger partial charge in [-0.15, -0.1) is 0 Å². The Kier molecular flexibility index (Phi) is 8.47. The second kappa shape index (κ2) is 11.5. The summed E-state index contributed by atoms with van der Waals surface area (Å²) in [7, 11) is 2.12. The van der Waals surface area contributed by atoms with Crippen LogP contribution in [0.1, 0.15) is 108 Å². The van der Waals surface area contributed by atoms with Crippen molar-refractivity contribution < 1.29 is 0 Å². The summed E-state index contributed by atoms with van der Waals surface area (Å²) in [6, 6.07) is 11.0. The lowest BCUT2D eigenvalue weighted by molar-refractivity contribution is 0.171. The summed E-state index contributed by atoms with van der Waals surface area (Å²) in [5.41, 5.74) is 3.38. The third-order valence-electron chi connectivity index (χ3n) is 8.52. The van der Waals surface area contributed by atoms with Crippen molar-refractivity contribution >= 4 is 18.9 Å². The maximum absolute atomic E-state index is 4.61. The van der Waals surface area contributed by atoms with Crippen LogP contribution in [0.5, 0.6) is 0 Å². The number of hydrogen-bond donors (Lipinski definition) is 1. The van der Waals surface area contributed by atoms with Crippen LogP contribution in [0.2, 0.25) is 0 Å². The fraction of sp³-hybridized carbons (Fsp3) is 0.679. The molecule has 1 aromatic carbocycles. The summed E-state index contributed by atoms with van der Waals surface area (Å²) < 4.78 is 0. The highest BCUT2D eigenvalue weighted by Gasteiger charge is 2.30. The van der Waals surface area contributed by atoms with Crippen LogP contribution in [0.15, 0.2) is 36.5 Å². The van der Waals surface area contributed by atoms with Gasteiger partial charge in [0, 0.05) is 11.6 Å². The van der Waals surface area contributed by atoms with Crippen molar-refractivity contribution in [2.24, 2.45) is 11.3 Å². The lowest BCUT2D eigenvalue weighted by Crippen LogP contribution is -2.22. The smallest absolute Gasteiger partial charge is 0.181 e. The van der Waals surface area contributed by atoms with E-state index in [1.807, 2.05) is 6.20 Å². The molecule has 1 N–H and O–H groups in total. The van der Waals surface area contributed by atoms with Crippen LogP contribution in [-0.2, 0) is 0 Å². The van der Waals surface area contributed by atoms with Gasteiger partial charge in [-0.25, -0.2) is 0 Å². The van der Waals surface area contributed by atoms with Gasteiger partial charge in [-0.05, 0) is 92.9 Å². The first-order valence-electron chi connectivity index (χ1n) is 13.3. The Morgan fingerprint density at radius 1 is 0.806 bits per heavy atom. The van der Waals surface area contributed by atoms with E-state index >= 15 is 0 Å². The van der Waals surface area contributed by atoms with Gasteiger partial charge in [0.2, 0.25) is 0 Å². The Hall–Kier alpha value is -1.35. The van der Waals surface area contributed by atoms with Crippen LogP contribution in [-0.4, -0.2) is 19.5 Å². The van der Waals surface area contributed by atoms with Crippen molar-refractivity contribution in [3.63, 3.8) is 0 Å². The predicted molar refractivity (Wildman–Crippen MR) is 136 cm³/mol. The highest BCUT2D eigenvalue weighted by molar-refractivity contribution is 6.04. The lowest BCUT2D eigenvalue weighted by atomic mass is 9.70. The molecule has 1 atom stereocenters. The molecule has 2 saturated carbocycles. The van der Waals surface area contributed by atoms with E-state index in [1.54, 1.807) is 5.56 Å². The second-order valence-electron chi connectivity index (χ2n) is 10.7. The molecule has 1 aromatic heterocycles. The summed E-state index contributed by atoms with van der Waals surface area (Å²) in [6.45, 7) is 1.22. The molecule has 1 unspecified atom stereocenters. The largest absolute Gasteiger partial charge is 0.362 e. The van der Waals surface area contributed by atoms with E-state index in [9.17, 15) is 0 Å². The zero-order chi connectivity index (χ0) is 21.4. The number of aromatic nitrogens is 1. The lowest BCUT2D eigenvalue weighted by Gasteiger charge is -2.36. The fourth-order valence-corrected chi connectivity index (χ4v) is 6.80. The van der Waals surface area contributed by atoms with Crippen molar-refractivity contribution in [2.75, 3.05) is 6.54 Å². The molecule has 4 rings (SSSR count). The molecule has 1 spiro atoms. The van der Waals surface area contributed by atoms with Gasteiger partial charge >= 0.3 is 0 Å². The van der Waals surface area contributed by atoms with E-state index < -0.39 is 0 Å². The average Bonchev–Trinajstić information content (AvgIpc) is 2.89. The summed E-state index contributed by atoms with van der Waals surface area (Å²) in [5.74, 6) is 1.63. The molecule has 3 heteroatoms. The van der Waals surface area contributed by atoms with Crippen molar-refractivity contribution in [3.05, 3.63) is 42.1 Å². The van der Waals surface area contributed by atoms with Gasteiger partial charge < -0.3 is 5.23 Å². The summed E-state index contributed by atoms with van der Waals surface area (Å²) in [5, 5.41) is 4.82. The maximum atomic E-state index is 4.61. The highest BCUT2D eigenvalue weighted by atomic mass is 14.7. The Morgan fingerprint density at radius 3 is 2.19 bits per heavy atom. The van der Waals surface area contributed by atoms with Crippen molar-refractivity contribution in [1.29, 1.82) is 0 Å². The first-order chi connectivity index (χ1) is 15.3. The number of nitrogens with zero attached hydrogens (tertiary/aromatic N) is 1. The monoisotopic (exact) mass is 418 g/mol. The molecule has 2 nitrogen and oxygen atoms in total. The molecule has 0 amide bonds. The van der Waals surface area contributed by atoms with E-state index in [2.05, 4.69) is 48.5 Å². The number of nitrogens with one attached hydrogen (secondary N) is 1. The zero-order valence-electron chi connectivity index (χ0n) is 19.9. The van der Waals surface area contributed by atoms with Crippen molar-refractivity contribution in [2.45, 2.75) is 102 Å². The van der Waals surface area contributed by atoms with Gasteiger partial charge in [-0.3, -0.25) is 4.98 Å². The Morgan fingerprint density at radius 2 is 1.45 bits per heavy atom. The van der Waals surface area contributed by atoms with Crippen LogP contribution in [0, 0.1) is 11.3 Å². The number of benzene rings is 1. The first-order valence-corrected chi connectivity index (χ1v) is 13.3. The fourth-order valence-electron chi connectivity index (χ4n) is 6.80. The van der Waals surface area contributed by atoms with Crippen LogP contribution in [0.25, 0.3) is 10.9 Å². The molecule has 2 fully saturated rings. The third-order valence-corrected chi connectivity index (χ3v) is 8.52. The van der Waals surface area contributed by atoms with E-state index in [0.717, 1.165) is 5.92 Å². The second-order valence-corrected chi connectivity index (χ2v) is 10.7. The standard InChI is InChI=1S/C28H43BN2/c29-31-22-23-10-3-6-17-28(20-9-11-23)18-7-4-12-24(13-5-8-19-28)25-16-21-30-27-15-2-1-14-26(25)27/h1-2,14-16,21,23-24,31H,3-13,17-20,22,29H2. The van der Waals surface area contributed by atoms with E-state index in [-0.39, 0.29) is 0 Å². The number of rotatable bonds is 3. The minimum Gasteiger partial charge on any atom is -0.362 e. The topological polar surface area (TPSA) is 24.9 Å². The molecule has 31 heavy (non-hydrogen) atoms. The molecule has 0 radical (unpaired) electrons. The molecular weight excluding hydrogens is 375 g/mol. The van der Waals surface area contributed by atoms with Crippen LogP contribution >= 0.6 is 0 Å². The van der Waals surface area contributed by atoms with Crippen LogP contribution < -0.4 is 5.23 Å². The Labute approximate surface area is 191 Å². The normalized spacial score (nSPS) is 29.2. The average molecular weight is 418 g/mol. The van der Waals surface area contributed by atoms with Crippen molar-refractivity contribution in [1.82, 2.24) is 10.2 Å². The first kappa shape index (κ1) is 22.8. The molecule has 0 bridgehead atoms. The zero-order valence-corrected chi connectivity index (χ0v) is 19.9. The molecule has 0 aliphatic heterocycles. The molecule has 2 aliphatic rings. The molecular formula is C28H43BN2.